The molecule has 3 rings (SSSR count). The van der Waals surface area contributed by atoms with E-state index in [0.717, 1.165) is 17.0 Å². The Balaban J connectivity index is 2.12. The minimum Gasteiger partial charge on any atom is -0.507 e. The van der Waals surface area contributed by atoms with Crippen LogP contribution in [0, 0.1) is 15.9 Å². The average Bonchev–Trinajstić information content (AvgIpc) is 3.01. The zero-order valence-electron chi connectivity index (χ0n) is 16.2. The summed E-state index contributed by atoms with van der Waals surface area (Å²) in [6.07, 6.45) is 0. The fraction of sp³-hybridized carbons (Fsp3) is 0.238. The van der Waals surface area contributed by atoms with Crippen molar-refractivity contribution in [2.24, 2.45) is 0 Å². The number of nitro benzene ring substituents is 1. The minimum absolute atomic E-state index is 0.0158. The summed E-state index contributed by atoms with van der Waals surface area (Å²) in [6.45, 7) is -0.352. The number of non-ortho nitro benzene ring substituents is 1. The zero-order valence-corrected chi connectivity index (χ0v) is 16.2. The number of halogens is 1. The number of aliphatic hydroxyl groups is 2. The molecule has 31 heavy (non-hydrogen) atoms. The van der Waals surface area contributed by atoms with Crippen molar-refractivity contribution in [2.75, 3.05) is 26.4 Å². The van der Waals surface area contributed by atoms with Crippen molar-refractivity contribution in [2.45, 2.75) is 6.04 Å². The number of likely N-dealkylation sites (tertiary alicyclic amines) is 1. The van der Waals surface area contributed by atoms with Crippen molar-refractivity contribution < 1.29 is 33.9 Å². The topological polar surface area (TPSA) is 130 Å². The Morgan fingerprint density at radius 3 is 2.58 bits per heavy atom. The van der Waals surface area contributed by atoms with Gasteiger partial charge in [0, 0.05) is 29.8 Å². The Labute approximate surface area is 176 Å². The molecular formula is C21H19FN2O7. The summed E-state index contributed by atoms with van der Waals surface area (Å²) >= 11 is 0. The van der Waals surface area contributed by atoms with Gasteiger partial charge in [-0.3, -0.25) is 19.7 Å². The SMILES string of the molecule is O=C1C(=O)N(CCOCCO)[C@@H](c2ccccc2F)/C1=C(\O)c1cccc([N+](=O)[O-])c1. The number of carbonyl (C=O) groups excluding carboxylic acids is 2. The van der Waals surface area contributed by atoms with Crippen LogP contribution < -0.4 is 0 Å². The highest BCUT2D eigenvalue weighted by molar-refractivity contribution is 6.46. The zero-order chi connectivity index (χ0) is 22.5. The highest BCUT2D eigenvalue weighted by atomic mass is 19.1. The van der Waals surface area contributed by atoms with Crippen LogP contribution in [0.5, 0.6) is 0 Å². The molecule has 9 nitrogen and oxygen atoms in total. The van der Waals surface area contributed by atoms with Gasteiger partial charge in [-0.05, 0) is 6.07 Å². The van der Waals surface area contributed by atoms with Gasteiger partial charge >= 0.3 is 0 Å². The summed E-state index contributed by atoms with van der Waals surface area (Å²) in [5.74, 6) is -3.35. The molecule has 10 heteroatoms. The van der Waals surface area contributed by atoms with E-state index in [9.17, 15) is 29.2 Å². The second-order valence-electron chi connectivity index (χ2n) is 6.66. The van der Waals surface area contributed by atoms with Crippen LogP contribution in [0.25, 0.3) is 5.76 Å². The molecule has 2 aromatic rings. The maximum absolute atomic E-state index is 14.6. The molecule has 0 saturated carbocycles. The first-order valence-electron chi connectivity index (χ1n) is 9.33. The number of carbonyl (C=O) groups is 2. The van der Waals surface area contributed by atoms with Gasteiger partial charge < -0.3 is 19.8 Å². The van der Waals surface area contributed by atoms with E-state index in [0.29, 0.717) is 0 Å². The second-order valence-corrected chi connectivity index (χ2v) is 6.66. The van der Waals surface area contributed by atoms with Gasteiger partial charge in [0.1, 0.15) is 11.6 Å². The molecular weight excluding hydrogens is 411 g/mol. The molecule has 1 aliphatic rings. The molecule has 2 N–H and O–H groups in total. The van der Waals surface area contributed by atoms with Crippen LogP contribution in [-0.4, -0.2) is 58.1 Å². The average molecular weight is 430 g/mol. The smallest absolute Gasteiger partial charge is 0.295 e. The molecule has 0 aliphatic carbocycles. The third-order valence-electron chi connectivity index (χ3n) is 4.78. The number of ether oxygens (including phenoxy) is 1. The van der Waals surface area contributed by atoms with Crippen LogP contribution in [0.15, 0.2) is 54.1 Å². The number of aliphatic hydroxyl groups excluding tert-OH is 2. The molecule has 1 saturated heterocycles. The van der Waals surface area contributed by atoms with Crippen molar-refractivity contribution in [3.05, 3.63) is 81.2 Å². The molecule has 1 atom stereocenters. The molecule has 1 aliphatic heterocycles. The number of Topliss-reactive ketones (excluding diaryl/α,β-unsaturated/α-hetero) is 1. The van der Waals surface area contributed by atoms with Gasteiger partial charge in [0.2, 0.25) is 0 Å². The van der Waals surface area contributed by atoms with Gasteiger partial charge in [0.25, 0.3) is 17.4 Å². The number of hydrogen-bond donors (Lipinski definition) is 2. The molecule has 0 unspecified atom stereocenters. The van der Waals surface area contributed by atoms with E-state index >= 15 is 0 Å². The fourth-order valence-electron chi connectivity index (χ4n) is 3.38. The third kappa shape index (κ3) is 4.44. The number of hydrogen-bond acceptors (Lipinski definition) is 7. The van der Waals surface area contributed by atoms with E-state index in [2.05, 4.69) is 0 Å². The predicted molar refractivity (Wildman–Crippen MR) is 106 cm³/mol. The molecule has 2 aromatic carbocycles. The first-order chi connectivity index (χ1) is 14.9. The Morgan fingerprint density at radius 2 is 1.90 bits per heavy atom. The number of nitro groups is 1. The number of ketones is 1. The van der Waals surface area contributed by atoms with Crippen LogP contribution in [0.3, 0.4) is 0 Å². The number of nitrogens with zero attached hydrogens (tertiary/aromatic N) is 2. The van der Waals surface area contributed by atoms with Crippen LogP contribution in [0.1, 0.15) is 17.2 Å². The highest BCUT2D eigenvalue weighted by Crippen LogP contribution is 2.40. The Kier molecular flexibility index (Phi) is 6.73. The van der Waals surface area contributed by atoms with Crippen molar-refractivity contribution in [1.29, 1.82) is 0 Å². The molecule has 1 heterocycles. The summed E-state index contributed by atoms with van der Waals surface area (Å²) in [5.41, 5.74) is -0.767. The second kappa shape index (κ2) is 9.45. The first kappa shape index (κ1) is 22.1. The summed E-state index contributed by atoms with van der Waals surface area (Å²) in [5, 5.41) is 30.7. The van der Waals surface area contributed by atoms with Crippen LogP contribution in [0.2, 0.25) is 0 Å². The van der Waals surface area contributed by atoms with Crippen molar-refractivity contribution in [3.8, 4) is 0 Å². The van der Waals surface area contributed by atoms with E-state index in [-0.39, 0.29) is 48.8 Å². The Hall–Kier alpha value is -3.63. The molecule has 0 bridgehead atoms. The van der Waals surface area contributed by atoms with Gasteiger partial charge in [-0.25, -0.2) is 4.39 Å². The number of amides is 1. The molecule has 162 valence electrons. The first-order valence-corrected chi connectivity index (χ1v) is 9.33. The maximum atomic E-state index is 14.6. The molecule has 0 aromatic heterocycles. The normalized spacial score (nSPS) is 17.9. The van der Waals surface area contributed by atoms with Crippen molar-refractivity contribution in [3.63, 3.8) is 0 Å². The number of benzene rings is 2. The van der Waals surface area contributed by atoms with Crippen LogP contribution in [0.4, 0.5) is 10.1 Å². The molecule has 1 fully saturated rings. The summed E-state index contributed by atoms with van der Waals surface area (Å²) < 4.78 is 19.8. The lowest BCUT2D eigenvalue weighted by Crippen LogP contribution is -2.33. The van der Waals surface area contributed by atoms with Crippen LogP contribution >= 0.6 is 0 Å². The lowest BCUT2D eigenvalue weighted by atomic mass is 9.95. The van der Waals surface area contributed by atoms with E-state index in [1.165, 1.54) is 36.4 Å². The molecule has 0 spiro atoms. The Bertz CT molecular complexity index is 1050. The van der Waals surface area contributed by atoms with E-state index in [4.69, 9.17) is 9.84 Å². The lowest BCUT2D eigenvalue weighted by molar-refractivity contribution is -0.384. The monoisotopic (exact) mass is 430 g/mol. The summed E-state index contributed by atoms with van der Waals surface area (Å²) in [6, 6.07) is 9.19. The largest absolute Gasteiger partial charge is 0.507 e. The van der Waals surface area contributed by atoms with E-state index in [1.54, 1.807) is 0 Å². The van der Waals surface area contributed by atoms with E-state index < -0.39 is 34.2 Å². The fourth-order valence-corrected chi connectivity index (χ4v) is 3.38. The quantitative estimate of drug-likeness (QED) is 0.164. The number of rotatable bonds is 8. The molecule has 1 amide bonds. The molecule has 0 radical (unpaired) electrons. The minimum atomic E-state index is -1.25. The van der Waals surface area contributed by atoms with Gasteiger partial charge in [0.05, 0.1) is 36.4 Å². The van der Waals surface area contributed by atoms with Crippen molar-refractivity contribution in [1.82, 2.24) is 4.90 Å². The van der Waals surface area contributed by atoms with Crippen LogP contribution in [-0.2, 0) is 14.3 Å². The lowest BCUT2D eigenvalue weighted by Gasteiger charge is -2.25. The van der Waals surface area contributed by atoms with Crippen molar-refractivity contribution >= 4 is 23.1 Å². The summed E-state index contributed by atoms with van der Waals surface area (Å²) in [7, 11) is 0. The van der Waals surface area contributed by atoms with Gasteiger partial charge in [-0.15, -0.1) is 0 Å². The van der Waals surface area contributed by atoms with Gasteiger partial charge in [-0.1, -0.05) is 30.3 Å². The third-order valence-corrected chi connectivity index (χ3v) is 4.78. The van der Waals surface area contributed by atoms with Gasteiger partial charge in [-0.2, -0.15) is 0 Å². The van der Waals surface area contributed by atoms with Gasteiger partial charge in [0.15, 0.2) is 0 Å². The Morgan fingerprint density at radius 1 is 1.16 bits per heavy atom. The maximum Gasteiger partial charge on any atom is 0.295 e. The predicted octanol–water partition coefficient (Wildman–Crippen LogP) is 2.16. The van der Waals surface area contributed by atoms with E-state index in [1.807, 2.05) is 0 Å². The summed E-state index contributed by atoms with van der Waals surface area (Å²) in [4.78, 5) is 36.9. The standard InChI is InChI=1S/C21H19FN2O7/c22-16-7-2-1-6-15(16)18-17(19(26)13-4-3-5-14(12-13)24(29)30)20(27)21(28)23(18)8-10-31-11-9-25/h1-7,12,18,25-26H,8-11H2/b19-17+/t18-/m0/s1. The highest BCUT2D eigenvalue weighted by Gasteiger charge is 2.46.